The van der Waals surface area contributed by atoms with Crippen LogP contribution in [0.1, 0.15) is 21.5 Å². The van der Waals surface area contributed by atoms with Crippen LogP contribution in [0, 0.1) is 12.7 Å². The summed E-state index contributed by atoms with van der Waals surface area (Å²) in [6.07, 6.45) is 0.739. The van der Waals surface area contributed by atoms with Gasteiger partial charge in [0.05, 0.1) is 0 Å². The largest absolute Gasteiger partial charge is 0.207 e. The van der Waals surface area contributed by atoms with Gasteiger partial charge in [-0.1, -0.05) is 51.8 Å². The maximum atomic E-state index is 13.4. The Morgan fingerprint density at radius 1 is 1.22 bits per heavy atom. The zero-order chi connectivity index (χ0) is 13.1. The highest BCUT2D eigenvalue weighted by atomic mass is 79.9. The maximum Gasteiger partial charge on any atom is 0.123 e. The number of rotatable bonds is 3. The van der Waals surface area contributed by atoms with E-state index in [1.54, 1.807) is 6.07 Å². The third-order valence-electron chi connectivity index (χ3n) is 2.78. The highest BCUT2D eigenvalue weighted by molar-refractivity contribution is 9.09. The van der Waals surface area contributed by atoms with Crippen molar-refractivity contribution in [2.75, 3.05) is 0 Å². The molecule has 0 N–H and O–H groups in total. The molecule has 0 heterocycles. The van der Waals surface area contributed by atoms with Crippen LogP contribution < -0.4 is 0 Å². The topological polar surface area (TPSA) is 0 Å². The summed E-state index contributed by atoms with van der Waals surface area (Å²) in [4.78, 5) is 0.0619. The first-order valence-electron chi connectivity index (χ1n) is 5.71. The average molecular weight is 328 g/mol. The monoisotopic (exact) mass is 326 g/mol. The lowest BCUT2D eigenvalue weighted by Crippen LogP contribution is -1.97. The second-order valence-electron chi connectivity index (χ2n) is 4.32. The number of hydrogen-bond donors (Lipinski definition) is 0. The van der Waals surface area contributed by atoms with Crippen molar-refractivity contribution in [3.05, 3.63) is 70.0 Å². The molecule has 1 unspecified atom stereocenters. The summed E-state index contributed by atoms with van der Waals surface area (Å²) < 4.78 is 13.4. The van der Waals surface area contributed by atoms with Gasteiger partial charge in [0.25, 0.3) is 0 Å². The number of halogens is 3. The Morgan fingerprint density at radius 2 is 1.94 bits per heavy atom. The third-order valence-corrected chi connectivity index (χ3v) is 4.00. The molecule has 0 radical (unpaired) electrons. The van der Waals surface area contributed by atoms with E-state index in [1.165, 1.54) is 6.07 Å². The van der Waals surface area contributed by atoms with Crippen molar-refractivity contribution >= 4 is 27.5 Å². The first-order chi connectivity index (χ1) is 8.56. The van der Waals surface area contributed by atoms with E-state index < -0.39 is 0 Å². The molecule has 2 rings (SSSR count). The smallest absolute Gasteiger partial charge is 0.123 e. The van der Waals surface area contributed by atoms with Crippen LogP contribution >= 0.6 is 27.5 Å². The third kappa shape index (κ3) is 3.33. The molecule has 0 spiro atoms. The second kappa shape index (κ2) is 5.85. The quantitative estimate of drug-likeness (QED) is 0.656. The molecule has 0 saturated heterocycles. The molecule has 94 valence electrons. The molecule has 0 nitrogen and oxygen atoms in total. The fourth-order valence-corrected chi connectivity index (χ4v) is 2.75. The summed E-state index contributed by atoms with van der Waals surface area (Å²) in [6, 6.07) is 12.8. The van der Waals surface area contributed by atoms with Crippen molar-refractivity contribution in [3.8, 4) is 0 Å². The Balaban J connectivity index is 2.22. The van der Waals surface area contributed by atoms with Gasteiger partial charge in [0, 0.05) is 9.85 Å². The van der Waals surface area contributed by atoms with Crippen LogP contribution in [0.15, 0.2) is 42.5 Å². The van der Waals surface area contributed by atoms with Crippen LogP contribution in [0.5, 0.6) is 0 Å². The molecule has 0 amide bonds. The Morgan fingerprint density at radius 3 is 2.61 bits per heavy atom. The molecule has 0 aliphatic carbocycles. The summed E-state index contributed by atoms with van der Waals surface area (Å²) in [5, 5.41) is 0.745. The van der Waals surface area contributed by atoms with Crippen molar-refractivity contribution < 1.29 is 4.39 Å². The van der Waals surface area contributed by atoms with Gasteiger partial charge in [-0.15, -0.1) is 0 Å². The lowest BCUT2D eigenvalue weighted by atomic mass is 10.0. The molecular formula is C15H13BrClF. The van der Waals surface area contributed by atoms with Crippen molar-refractivity contribution in [2.24, 2.45) is 0 Å². The standard InChI is InChI=1S/C15H13BrClF/c1-10-6-12(8-13(18)7-10)14(16)9-11-4-2-3-5-15(11)17/h2-8,14H,9H2,1H3. The summed E-state index contributed by atoms with van der Waals surface area (Å²) in [6.45, 7) is 1.89. The van der Waals surface area contributed by atoms with Gasteiger partial charge in [0.15, 0.2) is 0 Å². The molecule has 2 aromatic carbocycles. The molecule has 0 aliphatic rings. The van der Waals surface area contributed by atoms with E-state index in [9.17, 15) is 4.39 Å². The molecule has 1 atom stereocenters. The predicted octanol–water partition coefficient (Wildman–Crippen LogP) is 5.47. The van der Waals surface area contributed by atoms with Crippen LogP contribution in [0.2, 0.25) is 5.02 Å². The van der Waals surface area contributed by atoms with E-state index in [4.69, 9.17) is 11.6 Å². The highest BCUT2D eigenvalue weighted by Gasteiger charge is 2.12. The first kappa shape index (κ1) is 13.6. The summed E-state index contributed by atoms with van der Waals surface area (Å²) in [7, 11) is 0. The Hall–Kier alpha value is -0.860. The lowest BCUT2D eigenvalue weighted by molar-refractivity contribution is 0.623. The minimum absolute atomic E-state index is 0.0619. The first-order valence-corrected chi connectivity index (χ1v) is 7.00. The van der Waals surface area contributed by atoms with Gasteiger partial charge in [-0.25, -0.2) is 4.39 Å². The number of aryl methyl sites for hydroxylation is 1. The Labute approximate surface area is 120 Å². The van der Waals surface area contributed by atoms with Crippen LogP contribution in [-0.2, 0) is 6.42 Å². The van der Waals surface area contributed by atoms with E-state index in [1.807, 2.05) is 37.3 Å². The number of hydrogen-bond acceptors (Lipinski definition) is 0. The molecule has 3 heteroatoms. The fraction of sp³-hybridized carbons (Fsp3) is 0.200. The Kier molecular flexibility index (Phi) is 4.41. The van der Waals surface area contributed by atoms with E-state index in [0.29, 0.717) is 0 Å². The molecule has 18 heavy (non-hydrogen) atoms. The van der Waals surface area contributed by atoms with Gasteiger partial charge in [-0.2, -0.15) is 0 Å². The van der Waals surface area contributed by atoms with E-state index in [-0.39, 0.29) is 10.6 Å². The fourth-order valence-electron chi connectivity index (χ4n) is 1.92. The normalized spacial score (nSPS) is 12.4. The van der Waals surface area contributed by atoms with Crippen LogP contribution in [0.25, 0.3) is 0 Å². The predicted molar refractivity (Wildman–Crippen MR) is 78.0 cm³/mol. The molecular weight excluding hydrogens is 315 g/mol. The van der Waals surface area contributed by atoms with Gasteiger partial charge in [0.2, 0.25) is 0 Å². The van der Waals surface area contributed by atoms with Crippen molar-refractivity contribution in [1.82, 2.24) is 0 Å². The van der Waals surface area contributed by atoms with E-state index in [2.05, 4.69) is 15.9 Å². The van der Waals surface area contributed by atoms with Crippen molar-refractivity contribution in [2.45, 2.75) is 18.2 Å². The van der Waals surface area contributed by atoms with Gasteiger partial charge in [0.1, 0.15) is 5.82 Å². The molecule has 2 aromatic rings. The summed E-state index contributed by atoms with van der Waals surface area (Å²) in [5.41, 5.74) is 2.92. The summed E-state index contributed by atoms with van der Waals surface area (Å²) in [5.74, 6) is -0.200. The average Bonchev–Trinajstić information content (AvgIpc) is 2.31. The molecule has 0 aromatic heterocycles. The van der Waals surface area contributed by atoms with E-state index in [0.717, 1.165) is 28.1 Å². The maximum absolute atomic E-state index is 13.4. The van der Waals surface area contributed by atoms with Crippen molar-refractivity contribution in [1.29, 1.82) is 0 Å². The minimum atomic E-state index is -0.200. The zero-order valence-corrected chi connectivity index (χ0v) is 12.3. The summed E-state index contributed by atoms with van der Waals surface area (Å²) >= 11 is 9.72. The van der Waals surface area contributed by atoms with Gasteiger partial charge >= 0.3 is 0 Å². The van der Waals surface area contributed by atoms with Crippen LogP contribution in [0.3, 0.4) is 0 Å². The SMILES string of the molecule is Cc1cc(F)cc(C(Br)Cc2ccccc2Cl)c1. The number of alkyl halides is 1. The number of benzene rings is 2. The molecule has 0 fully saturated rings. The van der Waals surface area contributed by atoms with Gasteiger partial charge in [-0.05, 0) is 48.2 Å². The molecule has 0 bridgehead atoms. The van der Waals surface area contributed by atoms with Gasteiger partial charge in [-0.3, -0.25) is 0 Å². The van der Waals surface area contributed by atoms with Crippen LogP contribution in [-0.4, -0.2) is 0 Å². The van der Waals surface area contributed by atoms with Crippen molar-refractivity contribution in [3.63, 3.8) is 0 Å². The Bertz CT molecular complexity index is 534. The second-order valence-corrected chi connectivity index (χ2v) is 5.84. The zero-order valence-electron chi connectivity index (χ0n) is 9.96. The lowest BCUT2D eigenvalue weighted by Gasteiger charge is -2.12. The minimum Gasteiger partial charge on any atom is -0.207 e. The molecule has 0 saturated carbocycles. The highest BCUT2D eigenvalue weighted by Crippen LogP contribution is 2.30. The molecule has 0 aliphatic heterocycles. The van der Waals surface area contributed by atoms with E-state index >= 15 is 0 Å². The van der Waals surface area contributed by atoms with Crippen LogP contribution in [0.4, 0.5) is 4.39 Å². The van der Waals surface area contributed by atoms with Gasteiger partial charge < -0.3 is 0 Å².